The normalized spacial score (nSPS) is 15.1. The largest absolute Gasteiger partial charge is 0.338 e. The van der Waals surface area contributed by atoms with E-state index in [9.17, 15) is 18.0 Å². The number of piperidine rings is 1. The van der Waals surface area contributed by atoms with Gasteiger partial charge in [0.1, 0.15) is 0 Å². The van der Waals surface area contributed by atoms with Crippen LogP contribution in [0.5, 0.6) is 0 Å². The molecule has 0 saturated carbocycles. The maximum absolute atomic E-state index is 13.1. The average molecular weight is 429 g/mol. The zero-order chi connectivity index (χ0) is 21.7. The Morgan fingerprint density at radius 1 is 0.967 bits per heavy atom. The summed E-state index contributed by atoms with van der Waals surface area (Å²) in [5, 5.41) is 0. The smallest absolute Gasteiger partial charge is 0.254 e. The van der Waals surface area contributed by atoms with E-state index in [4.69, 9.17) is 0 Å². The van der Waals surface area contributed by atoms with Crippen molar-refractivity contribution in [1.82, 2.24) is 9.80 Å². The van der Waals surface area contributed by atoms with Gasteiger partial charge in [0.15, 0.2) is 9.84 Å². The Hall–Kier alpha value is -2.67. The van der Waals surface area contributed by atoms with Gasteiger partial charge >= 0.3 is 0 Å². The van der Waals surface area contributed by atoms with Crippen LogP contribution in [-0.2, 0) is 9.84 Å². The van der Waals surface area contributed by atoms with Crippen LogP contribution in [0.2, 0.25) is 0 Å². The fraction of sp³-hybridized carbons (Fsp3) is 0.391. The first-order chi connectivity index (χ1) is 14.3. The summed E-state index contributed by atoms with van der Waals surface area (Å²) in [6.45, 7) is 3.88. The highest BCUT2D eigenvalue weighted by atomic mass is 32.2. The Bertz CT molecular complexity index is 980. The Balaban J connectivity index is 1.68. The summed E-state index contributed by atoms with van der Waals surface area (Å²) in [7, 11) is -3.30. The van der Waals surface area contributed by atoms with Gasteiger partial charge in [0.25, 0.3) is 11.8 Å². The molecule has 1 heterocycles. The van der Waals surface area contributed by atoms with Crippen LogP contribution >= 0.6 is 0 Å². The molecule has 3 rings (SSSR count). The predicted octanol–water partition coefficient (Wildman–Crippen LogP) is 3.25. The molecule has 1 aliphatic heterocycles. The number of carbonyl (C=O) groups excluding carboxylic acids is 2. The number of amides is 2. The topological polar surface area (TPSA) is 74.8 Å². The van der Waals surface area contributed by atoms with Crippen molar-refractivity contribution < 1.29 is 18.0 Å². The van der Waals surface area contributed by atoms with Crippen LogP contribution in [0.3, 0.4) is 0 Å². The second kappa shape index (κ2) is 9.43. The maximum Gasteiger partial charge on any atom is 0.254 e. The van der Waals surface area contributed by atoms with Gasteiger partial charge < -0.3 is 9.80 Å². The van der Waals surface area contributed by atoms with E-state index in [1.807, 2.05) is 47.1 Å². The summed E-state index contributed by atoms with van der Waals surface area (Å²) in [6, 6.07) is 15.4. The molecule has 1 fully saturated rings. The lowest BCUT2D eigenvalue weighted by atomic mass is 10.0. The number of hydrogen-bond acceptors (Lipinski definition) is 4. The number of carbonyl (C=O) groups is 2. The average Bonchev–Trinajstić information content (AvgIpc) is 2.77. The minimum atomic E-state index is -3.30. The first kappa shape index (κ1) is 22.0. The van der Waals surface area contributed by atoms with Crippen LogP contribution < -0.4 is 0 Å². The van der Waals surface area contributed by atoms with E-state index in [0.29, 0.717) is 30.8 Å². The highest BCUT2D eigenvalue weighted by Gasteiger charge is 2.30. The first-order valence-electron chi connectivity index (χ1n) is 10.3. The predicted molar refractivity (Wildman–Crippen MR) is 116 cm³/mol. The van der Waals surface area contributed by atoms with E-state index in [0.717, 1.165) is 25.5 Å². The van der Waals surface area contributed by atoms with Gasteiger partial charge in [-0.15, -0.1) is 0 Å². The van der Waals surface area contributed by atoms with Crippen molar-refractivity contribution in [2.45, 2.75) is 37.1 Å². The molecule has 0 aliphatic carbocycles. The third-order valence-electron chi connectivity index (χ3n) is 5.47. The molecule has 2 aromatic rings. The lowest BCUT2D eigenvalue weighted by Crippen LogP contribution is -2.49. The van der Waals surface area contributed by atoms with Crippen molar-refractivity contribution in [3.05, 3.63) is 65.7 Å². The summed E-state index contributed by atoms with van der Waals surface area (Å²) < 4.78 is 23.3. The third-order valence-corrected chi connectivity index (χ3v) is 6.60. The minimum Gasteiger partial charge on any atom is -0.338 e. The van der Waals surface area contributed by atoms with Gasteiger partial charge in [0.2, 0.25) is 0 Å². The van der Waals surface area contributed by atoms with Crippen molar-refractivity contribution in [2.24, 2.45) is 0 Å². The molecule has 1 saturated heterocycles. The first-order valence-corrected chi connectivity index (χ1v) is 12.2. The monoisotopic (exact) mass is 428 g/mol. The molecule has 2 aromatic carbocycles. The fourth-order valence-electron chi connectivity index (χ4n) is 3.85. The van der Waals surface area contributed by atoms with Crippen LogP contribution in [0.1, 0.15) is 46.9 Å². The van der Waals surface area contributed by atoms with Gasteiger partial charge in [-0.2, -0.15) is 0 Å². The number of nitrogens with zero attached hydrogens (tertiary/aromatic N) is 2. The molecule has 0 atom stereocenters. The van der Waals surface area contributed by atoms with Crippen LogP contribution in [-0.4, -0.2) is 62.0 Å². The molecule has 160 valence electrons. The van der Waals surface area contributed by atoms with Crippen LogP contribution in [0, 0.1) is 0 Å². The fourth-order valence-corrected chi connectivity index (χ4v) is 4.48. The summed E-state index contributed by atoms with van der Waals surface area (Å²) in [5.74, 6) is -0.0662. The van der Waals surface area contributed by atoms with E-state index < -0.39 is 9.84 Å². The summed E-state index contributed by atoms with van der Waals surface area (Å²) in [6.07, 6.45) is 3.44. The van der Waals surface area contributed by atoms with Gasteiger partial charge in [0.05, 0.1) is 4.90 Å². The number of rotatable bonds is 6. The van der Waals surface area contributed by atoms with Gasteiger partial charge in [-0.05, 0) is 55.7 Å². The van der Waals surface area contributed by atoms with Crippen molar-refractivity contribution in [2.75, 3.05) is 25.9 Å². The van der Waals surface area contributed by atoms with E-state index in [-0.39, 0.29) is 22.8 Å². The summed E-state index contributed by atoms with van der Waals surface area (Å²) in [5.41, 5.74) is 1.17. The number of sulfone groups is 1. The maximum atomic E-state index is 13.1. The molecule has 0 spiro atoms. The zero-order valence-corrected chi connectivity index (χ0v) is 18.3. The van der Waals surface area contributed by atoms with Crippen LogP contribution in [0.15, 0.2) is 59.5 Å². The Morgan fingerprint density at radius 2 is 1.57 bits per heavy atom. The molecule has 2 amide bonds. The quantitative estimate of drug-likeness (QED) is 0.708. The molecule has 1 aliphatic rings. The highest BCUT2D eigenvalue weighted by Crippen LogP contribution is 2.22. The van der Waals surface area contributed by atoms with Crippen molar-refractivity contribution >= 4 is 21.7 Å². The lowest BCUT2D eigenvalue weighted by molar-refractivity contribution is 0.0519. The molecule has 7 heteroatoms. The highest BCUT2D eigenvalue weighted by molar-refractivity contribution is 7.90. The molecule has 0 N–H and O–H groups in total. The lowest BCUT2D eigenvalue weighted by Gasteiger charge is -2.38. The minimum absolute atomic E-state index is 0.0266. The van der Waals surface area contributed by atoms with Gasteiger partial charge in [-0.3, -0.25) is 9.59 Å². The second-order valence-electron chi connectivity index (χ2n) is 7.68. The SMILES string of the molecule is CCCN(C(=O)c1ccc(S(C)(=O)=O)cc1)C1CCN(C(=O)c2ccccc2)CC1. The molecule has 0 bridgehead atoms. The molecular weight excluding hydrogens is 400 g/mol. The van der Waals surface area contributed by atoms with Crippen molar-refractivity contribution in [3.63, 3.8) is 0 Å². The Morgan fingerprint density at radius 3 is 2.10 bits per heavy atom. The third kappa shape index (κ3) is 5.08. The molecule has 0 radical (unpaired) electrons. The number of benzene rings is 2. The summed E-state index contributed by atoms with van der Waals surface area (Å²) in [4.78, 5) is 29.7. The van der Waals surface area contributed by atoms with E-state index >= 15 is 0 Å². The zero-order valence-electron chi connectivity index (χ0n) is 17.5. The Kier molecular flexibility index (Phi) is 6.92. The Labute approximate surface area is 178 Å². The molecular formula is C23H28N2O4S. The van der Waals surface area contributed by atoms with Crippen molar-refractivity contribution in [3.8, 4) is 0 Å². The van der Waals surface area contributed by atoms with Gasteiger partial charge in [0, 0.05) is 43.1 Å². The molecule has 0 unspecified atom stereocenters. The molecule has 30 heavy (non-hydrogen) atoms. The second-order valence-corrected chi connectivity index (χ2v) is 9.70. The van der Waals surface area contributed by atoms with E-state index in [2.05, 4.69) is 0 Å². The molecule has 0 aromatic heterocycles. The number of likely N-dealkylation sites (tertiary alicyclic amines) is 1. The number of hydrogen-bond donors (Lipinski definition) is 0. The van der Waals surface area contributed by atoms with Gasteiger partial charge in [-0.25, -0.2) is 8.42 Å². The van der Waals surface area contributed by atoms with Crippen LogP contribution in [0.25, 0.3) is 0 Å². The standard InChI is InChI=1S/C23H28N2O4S/c1-3-15-25(23(27)19-9-11-21(12-10-19)30(2,28)29)20-13-16-24(17-14-20)22(26)18-7-5-4-6-8-18/h4-12,20H,3,13-17H2,1-2H3. The van der Waals surface area contributed by atoms with Gasteiger partial charge in [-0.1, -0.05) is 25.1 Å². The molecule has 6 nitrogen and oxygen atoms in total. The summed E-state index contributed by atoms with van der Waals surface area (Å²) >= 11 is 0. The van der Waals surface area contributed by atoms with E-state index in [1.165, 1.54) is 12.1 Å². The van der Waals surface area contributed by atoms with Crippen molar-refractivity contribution in [1.29, 1.82) is 0 Å². The van der Waals surface area contributed by atoms with E-state index in [1.54, 1.807) is 12.1 Å². The van der Waals surface area contributed by atoms with Crippen LogP contribution in [0.4, 0.5) is 0 Å².